The molecule has 0 aliphatic carbocycles. The normalized spacial score (nSPS) is 11.6. The van der Waals surface area contributed by atoms with Crippen LogP contribution in [0.15, 0.2) is 17.5 Å². The van der Waals surface area contributed by atoms with Gasteiger partial charge in [-0.2, -0.15) is 0 Å². The van der Waals surface area contributed by atoms with Crippen LogP contribution in [0.2, 0.25) is 0 Å². The van der Waals surface area contributed by atoms with Crippen molar-refractivity contribution in [3.63, 3.8) is 0 Å². The maximum absolute atomic E-state index is 8.36. The molecule has 1 aromatic heterocycles. The third kappa shape index (κ3) is 2.89. The van der Waals surface area contributed by atoms with Crippen LogP contribution in [0, 0.1) is 5.92 Å². The van der Waals surface area contributed by atoms with E-state index in [9.17, 15) is 0 Å². The average Bonchev–Trinajstić information content (AvgIpc) is 2.49. The van der Waals surface area contributed by atoms with Gasteiger partial charge in [0.1, 0.15) is 6.21 Å². The Hall–Kier alpha value is -1.32. The molecule has 0 fully saturated rings. The van der Waals surface area contributed by atoms with Gasteiger partial charge >= 0.3 is 0 Å². The van der Waals surface area contributed by atoms with E-state index in [2.05, 4.69) is 24.0 Å². The second kappa shape index (κ2) is 4.64. The first-order valence-electron chi connectivity index (χ1n) is 4.42. The fourth-order valence-electron chi connectivity index (χ4n) is 1.09. The highest BCUT2D eigenvalue weighted by Gasteiger charge is 2.00. The summed E-state index contributed by atoms with van der Waals surface area (Å²) in [6.07, 6.45) is 6.04. The summed E-state index contributed by atoms with van der Waals surface area (Å²) in [5.74, 6) is 1.37. The molecule has 1 aromatic rings. The second-order valence-corrected chi connectivity index (χ2v) is 3.41. The minimum Gasteiger partial charge on any atom is -0.411 e. The van der Waals surface area contributed by atoms with Crippen molar-refractivity contribution in [2.24, 2.45) is 11.1 Å². The van der Waals surface area contributed by atoms with Gasteiger partial charge in [0.25, 0.3) is 0 Å². The van der Waals surface area contributed by atoms with Gasteiger partial charge in [-0.1, -0.05) is 19.0 Å². The molecule has 0 unspecified atom stereocenters. The lowest BCUT2D eigenvalue weighted by Gasteiger charge is -2.06. The van der Waals surface area contributed by atoms with Crippen LogP contribution in [0.25, 0.3) is 0 Å². The number of hydrogen-bond donors (Lipinski definition) is 1. The lowest BCUT2D eigenvalue weighted by Crippen LogP contribution is -2.04. The number of imidazole rings is 1. The van der Waals surface area contributed by atoms with Crippen LogP contribution in [0.5, 0.6) is 0 Å². The summed E-state index contributed by atoms with van der Waals surface area (Å²) in [5.41, 5.74) is 0. The summed E-state index contributed by atoms with van der Waals surface area (Å²) in [6.45, 7) is 5.27. The van der Waals surface area contributed by atoms with Crippen molar-refractivity contribution in [1.29, 1.82) is 0 Å². The first kappa shape index (κ1) is 9.77. The van der Waals surface area contributed by atoms with Gasteiger partial charge < -0.3 is 9.77 Å². The number of oxime groups is 1. The molecule has 4 heteroatoms. The van der Waals surface area contributed by atoms with Crippen LogP contribution in [-0.4, -0.2) is 21.0 Å². The molecule has 0 aliphatic heterocycles. The molecule has 1 heterocycles. The van der Waals surface area contributed by atoms with Gasteiger partial charge in [-0.15, -0.1) is 0 Å². The summed E-state index contributed by atoms with van der Waals surface area (Å²) in [4.78, 5) is 4.04. The van der Waals surface area contributed by atoms with Crippen molar-refractivity contribution in [2.75, 3.05) is 0 Å². The topological polar surface area (TPSA) is 50.4 Å². The Morgan fingerprint density at radius 2 is 2.46 bits per heavy atom. The predicted octanol–water partition coefficient (Wildman–Crippen LogP) is 1.74. The molecule has 0 saturated carbocycles. The van der Waals surface area contributed by atoms with Crippen LogP contribution in [-0.2, 0) is 6.54 Å². The van der Waals surface area contributed by atoms with Crippen molar-refractivity contribution >= 4 is 6.21 Å². The molecule has 0 aromatic carbocycles. The first-order chi connectivity index (χ1) is 6.24. The summed E-state index contributed by atoms with van der Waals surface area (Å²) in [7, 11) is 0. The minimum atomic E-state index is 0.668. The van der Waals surface area contributed by atoms with Crippen molar-refractivity contribution in [3.8, 4) is 0 Å². The van der Waals surface area contributed by atoms with Crippen LogP contribution in [0.1, 0.15) is 26.1 Å². The molecule has 1 rings (SSSR count). The zero-order valence-electron chi connectivity index (χ0n) is 8.01. The summed E-state index contributed by atoms with van der Waals surface area (Å²) in [5, 5.41) is 11.3. The Balaban J connectivity index is 2.60. The average molecular weight is 181 g/mol. The molecule has 0 amide bonds. The third-order valence-corrected chi connectivity index (χ3v) is 1.87. The van der Waals surface area contributed by atoms with Crippen molar-refractivity contribution in [3.05, 3.63) is 18.2 Å². The van der Waals surface area contributed by atoms with E-state index in [-0.39, 0.29) is 0 Å². The smallest absolute Gasteiger partial charge is 0.154 e. The molecule has 1 N–H and O–H groups in total. The van der Waals surface area contributed by atoms with E-state index in [0.29, 0.717) is 11.7 Å². The van der Waals surface area contributed by atoms with E-state index in [1.165, 1.54) is 6.21 Å². The van der Waals surface area contributed by atoms with Gasteiger partial charge in [-0.25, -0.2) is 4.98 Å². The fraction of sp³-hybridized carbons (Fsp3) is 0.556. The van der Waals surface area contributed by atoms with Gasteiger partial charge in [0, 0.05) is 18.9 Å². The molecule has 4 nitrogen and oxygen atoms in total. The van der Waals surface area contributed by atoms with Gasteiger partial charge in [0.15, 0.2) is 5.82 Å². The van der Waals surface area contributed by atoms with Crippen LogP contribution < -0.4 is 0 Å². The SMILES string of the molecule is CC(C)CCn1ccnc1/C=N/O. The van der Waals surface area contributed by atoms with Crippen molar-refractivity contribution in [1.82, 2.24) is 9.55 Å². The quantitative estimate of drug-likeness (QED) is 0.437. The first-order valence-corrected chi connectivity index (χ1v) is 4.42. The van der Waals surface area contributed by atoms with Gasteiger partial charge in [0.2, 0.25) is 0 Å². The maximum Gasteiger partial charge on any atom is 0.154 e. The van der Waals surface area contributed by atoms with E-state index in [1.54, 1.807) is 6.20 Å². The van der Waals surface area contributed by atoms with Gasteiger partial charge in [-0.3, -0.25) is 0 Å². The molecular formula is C9H15N3O. The molecule has 0 radical (unpaired) electrons. The predicted molar refractivity (Wildman–Crippen MR) is 51.1 cm³/mol. The second-order valence-electron chi connectivity index (χ2n) is 3.41. The highest BCUT2D eigenvalue weighted by molar-refractivity contribution is 5.74. The zero-order valence-corrected chi connectivity index (χ0v) is 8.01. The Morgan fingerprint density at radius 3 is 3.08 bits per heavy atom. The molecule has 72 valence electrons. The molecule has 13 heavy (non-hydrogen) atoms. The summed E-state index contributed by atoms with van der Waals surface area (Å²) >= 11 is 0. The lowest BCUT2D eigenvalue weighted by molar-refractivity contribution is 0.321. The highest BCUT2D eigenvalue weighted by Crippen LogP contribution is 2.04. The largest absolute Gasteiger partial charge is 0.411 e. The highest BCUT2D eigenvalue weighted by atomic mass is 16.4. The Kier molecular flexibility index (Phi) is 3.49. The summed E-state index contributed by atoms with van der Waals surface area (Å²) < 4.78 is 1.97. The monoisotopic (exact) mass is 181 g/mol. The number of aryl methyl sites for hydroxylation is 1. The summed E-state index contributed by atoms with van der Waals surface area (Å²) in [6, 6.07) is 0. The fourth-order valence-corrected chi connectivity index (χ4v) is 1.09. The Bertz CT molecular complexity index is 278. The standard InChI is InChI=1S/C9H15N3O/c1-8(2)3-5-12-6-4-10-9(12)7-11-13/h4,6-8,13H,3,5H2,1-2H3/b11-7+. The van der Waals surface area contributed by atoms with E-state index in [4.69, 9.17) is 5.21 Å². The maximum atomic E-state index is 8.36. The van der Waals surface area contributed by atoms with E-state index in [0.717, 1.165) is 13.0 Å². The zero-order chi connectivity index (χ0) is 9.68. The molecule has 0 atom stereocenters. The van der Waals surface area contributed by atoms with Gasteiger partial charge in [-0.05, 0) is 12.3 Å². The Morgan fingerprint density at radius 1 is 1.69 bits per heavy atom. The minimum absolute atomic E-state index is 0.668. The van der Waals surface area contributed by atoms with Gasteiger partial charge in [0.05, 0.1) is 0 Å². The molecular weight excluding hydrogens is 166 g/mol. The number of hydrogen-bond acceptors (Lipinski definition) is 3. The van der Waals surface area contributed by atoms with E-state index in [1.807, 2.05) is 10.8 Å². The molecule has 0 bridgehead atoms. The van der Waals surface area contributed by atoms with Crippen LogP contribution in [0.3, 0.4) is 0 Å². The molecule has 0 spiro atoms. The third-order valence-electron chi connectivity index (χ3n) is 1.87. The number of aromatic nitrogens is 2. The lowest BCUT2D eigenvalue weighted by atomic mass is 10.1. The number of rotatable bonds is 4. The number of nitrogens with zero attached hydrogens (tertiary/aromatic N) is 3. The molecule has 0 saturated heterocycles. The van der Waals surface area contributed by atoms with Crippen molar-refractivity contribution in [2.45, 2.75) is 26.8 Å². The Labute approximate surface area is 77.9 Å². The van der Waals surface area contributed by atoms with Crippen LogP contribution >= 0.6 is 0 Å². The molecule has 0 aliphatic rings. The van der Waals surface area contributed by atoms with E-state index < -0.39 is 0 Å². The van der Waals surface area contributed by atoms with Crippen LogP contribution in [0.4, 0.5) is 0 Å². The van der Waals surface area contributed by atoms with E-state index >= 15 is 0 Å². The van der Waals surface area contributed by atoms with Crippen molar-refractivity contribution < 1.29 is 5.21 Å².